The fourth-order valence-electron chi connectivity index (χ4n) is 1.13. The monoisotopic (exact) mass is 289 g/mol. The maximum absolute atomic E-state index is 11.9. The highest BCUT2D eigenvalue weighted by Gasteiger charge is 2.15. The second-order valence-corrected chi connectivity index (χ2v) is 5.58. The van der Waals surface area contributed by atoms with Crippen molar-refractivity contribution in [3.63, 3.8) is 0 Å². The number of amides is 1. The Kier molecular flexibility index (Phi) is 4.86. The molecule has 0 aliphatic rings. The Balaban J connectivity index is 2.97. The molecule has 1 aromatic rings. The van der Waals surface area contributed by atoms with Crippen LogP contribution >= 0.6 is 11.6 Å². The van der Waals surface area contributed by atoms with Crippen LogP contribution < -0.4 is 0 Å². The summed E-state index contributed by atoms with van der Waals surface area (Å²) < 4.78 is 11.9. The van der Waals surface area contributed by atoms with Crippen LogP contribution in [-0.4, -0.2) is 45.9 Å². The van der Waals surface area contributed by atoms with Crippen molar-refractivity contribution in [2.24, 2.45) is 0 Å². The number of halogens is 1. The minimum absolute atomic E-state index is 0.0715. The van der Waals surface area contributed by atoms with Crippen molar-refractivity contribution in [3.05, 3.63) is 28.8 Å². The van der Waals surface area contributed by atoms with Gasteiger partial charge in [0.15, 0.2) is 0 Å². The number of hydrogen-bond acceptors (Lipinski definition) is 3. The van der Waals surface area contributed by atoms with Crippen molar-refractivity contribution in [3.8, 4) is 0 Å². The normalized spacial score (nSPS) is 11.9. The molecule has 1 atom stereocenters. The third-order valence-electron chi connectivity index (χ3n) is 2.18. The van der Waals surface area contributed by atoms with E-state index in [9.17, 15) is 13.8 Å². The van der Waals surface area contributed by atoms with E-state index in [1.165, 1.54) is 23.1 Å². The molecule has 1 amide bonds. The molecule has 5 nitrogen and oxygen atoms in total. The van der Waals surface area contributed by atoms with Gasteiger partial charge in [-0.3, -0.25) is 9.00 Å². The van der Waals surface area contributed by atoms with E-state index in [1.807, 2.05) is 0 Å². The van der Waals surface area contributed by atoms with Crippen molar-refractivity contribution in [1.29, 1.82) is 0 Å². The molecule has 0 heterocycles. The number of carboxylic acids is 1. The molecular weight excluding hydrogens is 278 g/mol. The zero-order valence-electron chi connectivity index (χ0n) is 9.84. The summed E-state index contributed by atoms with van der Waals surface area (Å²) in [5, 5.41) is 8.95. The standard InChI is InChI=1S/C11H12ClNO4S/c1-13(2)10(14)6-18(17)7-3-4-9(12)8(5-7)11(15)16/h3-5H,6H2,1-2H3,(H,15,16). The minimum atomic E-state index is -1.58. The summed E-state index contributed by atoms with van der Waals surface area (Å²) in [6, 6.07) is 4.04. The highest BCUT2D eigenvalue weighted by molar-refractivity contribution is 7.85. The SMILES string of the molecule is CN(C)C(=O)CS(=O)c1ccc(Cl)c(C(=O)O)c1. The van der Waals surface area contributed by atoms with Gasteiger partial charge in [0.1, 0.15) is 5.75 Å². The number of carbonyl (C=O) groups is 2. The molecule has 0 saturated carbocycles. The van der Waals surface area contributed by atoms with Gasteiger partial charge in [0.25, 0.3) is 0 Å². The Morgan fingerprint density at radius 3 is 2.50 bits per heavy atom. The van der Waals surface area contributed by atoms with Gasteiger partial charge in [-0.1, -0.05) is 11.6 Å². The van der Waals surface area contributed by atoms with E-state index in [4.69, 9.17) is 16.7 Å². The lowest BCUT2D eigenvalue weighted by Gasteiger charge is -2.10. The molecule has 0 fully saturated rings. The first-order valence-corrected chi connectivity index (χ1v) is 6.64. The Bertz CT molecular complexity index is 516. The molecule has 18 heavy (non-hydrogen) atoms. The number of aromatic carboxylic acids is 1. The molecule has 0 aromatic heterocycles. The van der Waals surface area contributed by atoms with Crippen molar-refractivity contribution in [1.82, 2.24) is 4.90 Å². The van der Waals surface area contributed by atoms with Gasteiger partial charge in [0.05, 0.1) is 21.4 Å². The Morgan fingerprint density at radius 2 is 2.00 bits per heavy atom. The average molecular weight is 290 g/mol. The zero-order chi connectivity index (χ0) is 13.9. The molecule has 7 heteroatoms. The van der Waals surface area contributed by atoms with Crippen LogP contribution in [0.2, 0.25) is 5.02 Å². The highest BCUT2D eigenvalue weighted by atomic mass is 35.5. The molecule has 1 aromatic carbocycles. The van der Waals surface area contributed by atoms with E-state index >= 15 is 0 Å². The molecule has 0 aliphatic heterocycles. The van der Waals surface area contributed by atoms with Gasteiger partial charge in [-0.2, -0.15) is 0 Å². The first-order chi connectivity index (χ1) is 8.32. The fourth-order valence-corrected chi connectivity index (χ4v) is 2.45. The van der Waals surface area contributed by atoms with Crippen LogP contribution in [0.1, 0.15) is 10.4 Å². The van der Waals surface area contributed by atoms with Crippen molar-refractivity contribution in [2.45, 2.75) is 4.90 Å². The smallest absolute Gasteiger partial charge is 0.337 e. The summed E-state index contributed by atoms with van der Waals surface area (Å²) in [5.41, 5.74) is -0.125. The topological polar surface area (TPSA) is 74.7 Å². The van der Waals surface area contributed by atoms with Crippen molar-refractivity contribution >= 4 is 34.3 Å². The third-order valence-corrected chi connectivity index (χ3v) is 3.80. The summed E-state index contributed by atoms with van der Waals surface area (Å²) in [6.07, 6.45) is 0. The Morgan fingerprint density at radius 1 is 1.39 bits per heavy atom. The van der Waals surface area contributed by atoms with Crippen LogP contribution in [0.25, 0.3) is 0 Å². The lowest BCUT2D eigenvalue weighted by molar-refractivity contribution is -0.125. The Hall–Kier alpha value is -1.40. The molecule has 0 aliphatic carbocycles. The Labute approximate surface area is 112 Å². The highest BCUT2D eigenvalue weighted by Crippen LogP contribution is 2.19. The van der Waals surface area contributed by atoms with Gasteiger partial charge < -0.3 is 10.0 Å². The molecule has 1 rings (SSSR count). The lowest BCUT2D eigenvalue weighted by atomic mass is 10.2. The zero-order valence-corrected chi connectivity index (χ0v) is 11.4. The van der Waals surface area contributed by atoms with E-state index in [2.05, 4.69) is 0 Å². The third kappa shape index (κ3) is 3.54. The van der Waals surface area contributed by atoms with E-state index in [-0.39, 0.29) is 27.1 Å². The van der Waals surface area contributed by atoms with Crippen LogP contribution in [0.3, 0.4) is 0 Å². The number of carboxylic acid groups (broad SMARTS) is 1. The van der Waals surface area contributed by atoms with Crippen LogP contribution in [0.5, 0.6) is 0 Å². The van der Waals surface area contributed by atoms with Gasteiger partial charge in [-0.05, 0) is 18.2 Å². The van der Waals surface area contributed by atoms with Crippen LogP contribution in [0.15, 0.2) is 23.1 Å². The molecule has 1 N–H and O–H groups in total. The first kappa shape index (κ1) is 14.7. The summed E-state index contributed by atoms with van der Waals surface area (Å²) in [7, 11) is 1.54. The number of nitrogens with zero attached hydrogens (tertiary/aromatic N) is 1. The van der Waals surface area contributed by atoms with Gasteiger partial charge in [-0.15, -0.1) is 0 Å². The minimum Gasteiger partial charge on any atom is -0.478 e. The molecule has 0 spiro atoms. The maximum Gasteiger partial charge on any atom is 0.337 e. The average Bonchev–Trinajstić information content (AvgIpc) is 2.28. The number of carbonyl (C=O) groups excluding carboxylic acids is 1. The number of rotatable bonds is 4. The molecule has 1 unspecified atom stereocenters. The van der Waals surface area contributed by atoms with E-state index < -0.39 is 16.8 Å². The van der Waals surface area contributed by atoms with Crippen LogP contribution in [0, 0.1) is 0 Å². The maximum atomic E-state index is 11.9. The molecule has 0 saturated heterocycles. The quantitative estimate of drug-likeness (QED) is 0.905. The number of benzene rings is 1. The summed E-state index contributed by atoms with van der Waals surface area (Å²) in [4.78, 5) is 23.9. The fraction of sp³-hybridized carbons (Fsp3) is 0.273. The number of hydrogen-bond donors (Lipinski definition) is 1. The summed E-state index contributed by atoms with van der Waals surface area (Å²) in [6.45, 7) is 0. The summed E-state index contributed by atoms with van der Waals surface area (Å²) in [5.74, 6) is -1.67. The molecule has 0 radical (unpaired) electrons. The summed E-state index contributed by atoms with van der Waals surface area (Å²) >= 11 is 5.70. The van der Waals surface area contributed by atoms with Crippen LogP contribution in [0.4, 0.5) is 0 Å². The van der Waals surface area contributed by atoms with Gasteiger partial charge in [0.2, 0.25) is 5.91 Å². The van der Waals surface area contributed by atoms with Crippen LogP contribution in [-0.2, 0) is 15.6 Å². The lowest BCUT2D eigenvalue weighted by Crippen LogP contribution is -2.27. The molecular formula is C11H12ClNO4S. The largest absolute Gasteiger partial charge is 0.478 e. The van der Waals surface area contributed by atoms with Gasteiger partial charge in [-0.25, -0.2) is 4.79 Å². The van der Waals surface area contributed by atoms with Gasteiger partial charge in [0, 0.05) is 19.0 Å². The second-order valence-electron chi connectivity index (χ2n) is 3.72. The van der Waals surface area contributed by atoms with Crippen molar-refractivity contribution < 1.29 is 18.9 Å². The first-order valence-electron chi connectivity index (χ1n) is 4.94. The predicted molar refractivity (Wildman–Crippen MR) is 68.4 cm³/mol. The molecule has 98 valence electrons. The predicted octanol–water partition coefficient (Wildman–Crippen LogP) is 1.23. The van der Waals surface area contributed by atoms with E-state index in [1.54, 1.807) is 14.1 Å². The molecule has 0 bridgehead atoms. The second kappa shape index (κ2) is 5.97. The van der Waals surface area contributed by atoms with Gasteiger partial charge >= 0.3 is 5.97 Å². The van der Waals surface area contributed by atoms with Crippen molar-refractivity contribution in [2.75, 3.05) is 19.8 Å². The van der Waals surface area contributed by atoms with E-state index in [0.717, 1.165) is 0 Å². The van der Waals surface area contributed by atoms with E-state index in [0.29, 0.717) is 0 Å².